The molecular weight excluding hydrogens is 328 g/mol. The van der Waals surface area contributed by atoms with Crippen LogP contribution in [0.25, 0.3) is 0 Å². The van der Waals surface area contributed by atoms with Crippen molar-refractivity contribution in [3.63, 3.8) is 0 Å². The van der Waals surface area contributed by atoms with Crippen LogP contribution in [0.1, 0.15) is 41.6 Å². The van der Waals surface area contributed by atoms with Crippen LogP contribution < -0.4 is 5.32 Å². The summed E-state index contributed by atoms with van der Waals surface area (Å²) in [4.78, 5) is 31.0. The Morgan fingerprint density at radius 3 is 2.79 bits per heavy atom. The van der Waals surface area contributed by atoms with Gasteiger partial charge in [0.15, 0.2) is 5.13 Å². The van der Waals surface area contributed by atoms with Crippen molar-refractivity contribution in [1.29, 1.82) is 5.26 Å². The van der Waals surface area contributed by atoms with Crippen molar-refractivity contribution in [2.45, 2.75) is 33.1 Å². The maximum Gasteiger partial charge on any atom is 0.350 e. The number of anilines is 1. The summed E-state index contributed by atoms with van der Waals surface area (Å²) >= 11 is 1.15. The zero-order valence-electron chi connectivity index (χ0n) is 14.0. The average molecular weight is 350 g/mol. The second-order valence-electron chi connectivity index (χ2n) is 5.67. The summed E-state index contributed by atoms with van der Waals surface area (Å²) in [5, 5.41) is 11.9. The van der Waals surface area contributed by atoms with Crippen LogP contribution in [0, 0.1) is 24.2 Å². The molecule has 2 rings (SSSR count). The van der Waals surface area contributed by atoms with E-state index >= 15 is 0 Å². The van der Waals surface area contributed by atoms with Crippen LogP contribution in [-0.2, 0) is 9.53 Å². The molecule has 24 heavy (non-hydrogen) atoms. The number of nitriles is 1. The van der Waals surface area contributed by atoms with E-state index in [4.69, 9.17) is 10.00 Å². The Kier molecular flexibility index (Phi) is 6.70. The minimum Gasteiger partial charge on any atom is -0.462 e. The molecule has 1 amide bonds. The molecule has 0 aliphatic carbocycles. The Hall–Kier alpha value is -1.98. The zero-order chi connectivity index (χ0) is 17.5. The quantitative estimate of drug-likeness (QED) is 0.790. The molecule has 130 valence electrons. The summed E-state index contributed by atoms with van der Waals surface area (Å²) in [6.07, 6.45) is 2.06. The number of esters is 1. The van der Waals surface area contributed by atoms with Crippen LogP contribution in [0.4, 0.5) is 5.13 Å². The summed E-state index contributed by atoms with van der Waals surface area (Å²) in [5.41, 5.74) is 0.570. The molecule has 0 saturated carbocycles. The van der Waals surface area contributed by atoms with E-state index in [1.807, 2.05) is 0 Å². The largest absolute Gasteiger partial charge is 0.462 e. The van der Waals surface area contributed by atoms with Crippen molar-refractivity contribution in [1.82, 2.24) is 9.88 Å². The maximum absolute atomic E-state index is 12.4. The van der Waals surface area contributed by atoms with Gasteiger partial charge in [-0.05, 0) is 39.8 Å². The number of aryl methyl sites for hydroxylation is 1. The number of amides is 1. The van der Waals surface area contributed by atoms with Gasteiger partial charge in [-0.2, -0.15) is 5.26 Å². The first-order valence-corrected chi connectivity index (χ1v) is 8.91. The number of carbonyl (C=O) groups is 2. The van der Waals surface area contributed by atoms with Gasteiger partial charge in [0.25, 0.3) is 0 Å². The molecule has 1 fully saturated rings. The van der Waals surface area contributed by atoms with Gasteiger partial charge in [0.1, 0.15) is 4.88 Å². The minimum absolute atomic E-state index is 0.0564. The van der Waals surface area contributed by atoms with Crippen LogP contribution in [0.15, 0.2) is 0 Å². The fourth-order valence-electron chi connectivity index (χ4n) is 2.67. The lowest BCUT2D eigenvalue weighted by molar-refractivity contribution is -0.121. The smallest absolute Gasteiger partial charge is 0.350 e. The van der Waals surface area contributed by atoms with Crippen LogP contribution in [0.2, 0.25) is 0 Å². The molecule has 1 N–H and O–H groups in total. The monoisotopic (exact) mass is 350 g/mol. The van der Waals surface area contributed by atoms with Gasteiger partial charge in [-0.3, -0.25) is 4.79 Å². The average Bonchev–Trinajstić information content (AvgIpc) is 2.94. The first-order chi connectivity index (χ1) is 11.5. The number of piperidine rings is 1. The van der Waals surface area contributed by atoms with Gasteiger partial charge in [0, 0.05) is 18.9 Å². The Morgan fingerprint density at radius 2 is 2.17 bits per heavy atom. The molecule has 1 aliphatic rings. The molecule has 0 atom stereocenters. The Labute approximate surface area is 145 Å². The number of aromatic nitrogens is 1. The molecule has 8 heteroatoms. The fourth-order valence-corrected chi connectivity index (χ4v) is 3.53. The van der Waals surface area contributed by atoms with Crippen molar-refractivity contribution >= 4 is 28.3 Å². The third-order valence-corrected chi connectivity index (χ3v) is 5.04. The van der Waals surface area contributed by atoms with Crippen LogP contribution in [-0.4, -0.2) is 48.0 Å². The normalized spacial score (nSPS) is 15.7. The van der Waals surface area contributed by atoms with Gasteiger partial charge in [0.2, 0.25) is 5.91 Å². The predicted octanol–water partition coefficient (Wildman–Crippen LogP) is 2.19. The topological polar surface area (TPSA) is 95.3 Å². The maximum atomic E-state index is 12.4. The molecule has 1 aromatic rings. The molecule has 1 saturated heterocycles. The van der Waals surface area contributed by atoms with E-state index in [2.05, 4.69) is 21.3 Å². The predicted molar refractivity (Wildman–Crippen MR) is 90.8 cm³/mol. The lowest BCUT2D eigenvalue weighted by Gasteiger charge is -2.30. The van der Waals surface area contributed by atoms with E-state index in [0.29, 0.717) is 28.7 Å². The summed E-state index contributed by atoms with van der Waals surface area (Å²) in [6, 6.07) is 2.14. The molecular formula is C16H22N4O3S. The van der Waals surface area contributed by atoms with Crippen LogP contribution in [0.3, 0.4) is 0 Å². The van der Waals surface area contributed by atoms with Crippen molar-refractivity contribution in [3.05, 3.63) is 10.6 Å². The van der Waals surface area contributed by atoms with Gasteiger partial charge in [-0.15, -0.1) is 0 Å². The molecule has 1 aliphatic heterocycles. The van der Waals surface area contributed by atoms with Crippen molar-refractivity contribution in [2.75, 3.05) is 31.6 Å². The van der Waals surface area contributed by atoms with E-state index in [1.165, 1.54) is 0 Å². The van der Waals surface area contributed by atoms with E-state index in [9.17, 15) is 9.59 Å². The third-order valence-electron chi connectivity index (χ3n) is 3.99. The summed E-state index contributed by atoms with van der Waals surface area (Å²) in [5.74, 6) is -0.517. The number of hydrogen-bond acceptors (Lipinski definition) is 7. The van der Waals surface area contributed by atoms with E-state index in [0.717, 1.165) is 43.8 Å². The first kappa shape index (κ1) is 18.4. The molecule has 7 nitrogen and oxygen atoms in total. The highest BCUT2D eigenvalue weighted by atomic mass is 32.1. The second-order valence-corrected chi connectivity index (χ2v) is 6.67. The molecule has 2 heterocycles. The number of carbonyl (C=O) groups excluding carboxylic acids is 2. The Balaban J connectivity index is 1.88. The molecule has 0 spiro atoms. The molecule has 0 bridgehead atoms. The summed E-state index contributed by atoms with van der Waals surface area (Å²) in [7, 11) is 0. The van der Waals surface area contributed by atoms with E-state index < -0.39 is 5.97 Å². The lowest BCUT2D eigenvalue weighted by atomic mass is 9.96. The number of nitrogens with zero attached hydrogens (tertiary/aromatic N) is 3. The third kappa shape index (κ3) is 4.76. The van der Waals surface area contributed by atoms with Gasteiger partial charge >= 0.3 is 5.97 Å². The number of thiazole rings is 1. The highest BCUT2D eigenvalue weighted by Gasteiger charge is 2.26. The number of rotatable bonds is 6. The first-order valence-electron chi connectivity index (χ1n) is 8.09. The molecule has 1 aromatic heterocycles. The Morgan fingerprint density at radius 1 is 1.46 bits per heavy atom. The number of likely N-dealkylation sites (tertiary alicyclic amines) is 1. The summed E-state index contributed by atoms with van der Waals surface area (Å²) < 4.78 is 4.98. The van der Waals surface area contributed by atoms with Gasteiger partial charge < -0.3 is 15.0 Å². The highest BCUT2D eigenvalue weighted by molar-refractivity contribution is 7.17. The number of nitrogens with one attached hydrogen (secondary N) is 1. The molecule has 0 radical (unpaired) electrons. The van der Waals surface area contributed by atoms with Crippen molar-refractivity contribution in [2.24, 2.45) is 5.92 Å². The standard InChI is InChI=1S/C16H22N4O3S/c1-3-23-15(22)13-11(2)18-16(24-13)19-14(21)12-5-9-20(10-6-12)8-4-7-17/h12H,3-6,8-10H2,1-2H3,(H,18,19,21). The van der Waals surface area contributed by atoms with Gasteiger partial charge in [-0.1, -0.05) is 11.3 Å². The lowest BCUT2D eigenvalue weighted by Crippen LogP contribution is -2.38. The van der Waals surface area contributed by atoms with Crippen LogP contribution >= 0.6 is 11.3 Å². The van der Waals surface area contributed by atoms with E-state index in [-0.39, 0.29) is 11.8 Å². The number of hydrogen-bond donors (Lipinski definition) is 1. The zero-order valence-corrected chi connectivity index (χ0v) is 14.8. The van der Waals surface area contributed by atoms with Crippen molar-refractivity contribution in [3.8, 4) is 6.07 Å². The number of ether oxygens (including phenoxy) is 1. The van der Waals surface area contributed by atoms with Gasteiger partial charge in [-0.25, -0.2) is 9.78 Å². The van der Waals surface area contributed by atoms with Gasteiger partial charge in [0.05, 0.1) is 18.4 Å². The van der Waals surface area contributed by atoms with Crippen molar-refractivity contribution < 1.29 is 14.3 Å². The summed E-state index contributed by atoms with van der Waals surface area (Å²) in [6.45, 7) is 6.20. The molecule has 0 unspecified atom stereocenters. The minimum atomic E-state index is -0.404. The highest BCUT2D eigenvalue weighted by Crippen LogP contribution is 2.25. The SMILES string of the molecule is CCOC(=O)c1sc(NC(=O)C2CCN(CCC#N)CC2)nc1C. The van der Waals surface area contributed by atoms with E-state index in [1.54, 1.807) is 13.8 Å². The Bertz CT molecular complexity index is 630. The fraction of sp³-hybridized carbons (Fsp3) is 0.625. The molecule has 0 aromatic carbocycles. The van der Waals surface area contributed by atoms with Crippen LogP contribution in [0.5, 0.6) is 0 Å². The second kappa shape index (κ2) is 8.76.